The molecule has 2 aromatic heterocycles. The predicted octanol–water partition coefficient (Wildman–Crippen LogP) is 3.06. The number of aryl methyl sites for hydroxylation is 2. The molecule has 136 valence electrons. The molecule has 3 rings (SSSR count). The Kier molecular flexibility index (Phi) is 5.36. The zero-order valence-electron chi connectivity index (χ0n) is 13.9. The SMILES string of the molecule is Cc1nn(CCCNC(=O)Cn2nc(C3CC3)cc2C(F)F)cc1Cl. The Balaban J connectivity index is 1.47. The minimum atomic E-state index is -2.64. The van der Waals surface area contributed by atoms with Crippen molar-refractivity contribution >= 4 is 17.5 Å². The van der Waals surface area contributed by atoms with Crippen molar-refractivity contribution in [3.63, 3.8) is 0 Å². The van der Waals surface area contributed by atoms with Crippen LogP contribution in [0.15, 0.2) is 12.3 Å². The van der Waals surface area contributed by atoms with Crippen molar-refractivity contribution in [1.29, 1.82) is 0 Å². The fourth-order valence-electron chi connectivity index (χ4n) is 2.60. The van der Waals surface area contributed by atoms with E-state index in [1.54, 1.807) is 10.9 Å². The summed E-state index contributed by atoms with van der Waals surface area (Å²) in [5, 5.41) is 11.7. The number of aromatic nitrogens is 4. The Morgan fingerprint density at radius 3 is 2.80 bits per heavy atom. The highest BCUT2D eigenvalue weighted by Gasteiger charge is 2.29. The van der Waals surface area contributed by atoms with Crippen LogP contribution in [0, 0.1) is 6.92 Å². The number of amides is 1. The van der Waals surface area contributed by atoms with Gasteiger partial charge in [-0.3, -0.25) is 14.2 Å². The van der Waals surface area contributed by atoms with E-state index in [1.165, 1.54) is 6.07 Å². The molecule has 0 aromatic carbocycles. The van der Waals surface area contributed by atoms with Crippen LogP contribution in [0.3, 0.4) is 0 Å². The summed E-state index contributed by atoms with van der Waals surface area (Å²) in [7, 11) is 0. The van der Waals surface area contributed by atoms with Gasteiger partial charge in [0.15, 0.2) is 0 Å². The quantitative estimate of drug-likeness (QED) is 0.725. The van der Waals surface area contributed by atoms with Gasteiger partial charge in [-0.1, -0.05) is 11.6 Å². The molecule has 9 heteroatoms. The summed E-state index contributed by atoms with van der Waals surface area (Å²) in [6.07, 6.45) is 1.71. The first kappa shape index (κ1) is 17.8. The monoisotopic (exact) mass is 371 g/mol. The van der Waals surface area contributed by atoms with E-state index in [9.17, 15) is 13.6 Å². The van der Waals surface area contributed by atoms with Crippen molar-refractivity contribution in [2.45, 2.75) is 51.6 Å². The summed E-state index contributed by atoms with van der Waals surface area (Å²) in [6.45, 7) is 2.67. The summed E-state index contributed by atoms with van der Waals surface area (Å²) in [6, 6.07) is 1.42. The Morgan fingerprint density at radius 1 is 1.44 bits per heavy atom. The second kappa shape index (κ2) is 7.51. The zero-order valence-corrected chi connectivity index (χ0v) is 14.6. The first-order valence-corrected chi connectivity index (χ1v) is 8.64. The van der Waals surface area contributed by atoms with Crippen LogP contribution in [-0.2, 0) is 17.9 Å². The standard InChI is InChI=1S/C16H20ClF2N5O/c1-10-12(17)8-23(21-10)6-2-5-20-15(25)9-24-14(16(18)19)7-13(22-24)11-3-4-11/h7-8,11,16H,2-6,9H2,1H3,(H,20,25). The molecule has 1 aliphatic carbocycles. The highest BCUT2D eigenvalue weighted by atomic mass is 35.5. The lowest BCUT2D eigenvalue weighted by Gasteiger charge is -2.08. The third kappa shape index (κ3) is 4.56. The number of carbonyl (C=O) groups is 1. The molecule has 0 aliphatic heterocycles. The third-order valence-electron chi connectivity index (χ3n) is 4.12. The van der Waals surface area contributed by atoms with Crippen LogP contribution in [0.1, 0.15) is 48.7 Å². The molecule has 1 aliphatic rings. The van der Waals surface area contributed by atoms with Gasteiger partial charge in [-0.2, -0.15) is 10.2 Å². The van der Waals surface area contributed by atoms with Crippen LogP contribution in [0.2, 0.25) is 5.02 Å². The van der Waals surface area contributed by atoms with Gasteiger partial charge in [0.1, 0.15) is 12.2 Å². The maximum atomic E-state index is 13.1. The molecule has 2 aromatic rings. The van der Waals surface area contributed by atoms with Gasteiger partial charge in [0.25, 0.3) is 6.43 Å². The van der Waals surface area contributed by atoms with Crippen molar-refractivity contribution in [3.8, 4) is 0 Å². The normalized spacial score (nSPS) is 14.3. The van der Waals surface area contributed by atoms with Crippen LogP contribution in [0.25, 0.3) is 0 Å². The predicted molar refractivity (Wildman–Crippen MR) is 88.8 cm³/mol. The highest BCUT2D eigenvalue weighted by molar-refractivity contribution is 6.31. The highest BCUT2D eigenvalue weighted by Crippen LogP contribution is 2.40. The lowest BCUT2D eigenvalue weighted by molar-refractivity contribution is -0.121. The summed E-state index contributed by atoms with van der Waals surface area (Å²) in [5.74, 6) is -0.0619. The van der Waals surface area contributed by atoms with Gasteiger partial charge in [-0.25, -0.2) is 8.78 Å². The van der Waals surface area contributed by atoms with E-state index in [2.05, 4.69) is 15.5 Å². The topological polar surface area (TPSA) is 64.7 Å². The lowest BCUT2D eigenvalue weighted by Crippen LogP contribution is -2.30. The average Bonchev–Trinajstić information content (AvgIpc) is 3.24. The maximum absolute atomic E-state index is 13.1. The van der Waals surface area contributed by atoms with Gasteiger partial charge in [0.2, 0.25) is 5.91 Å². The Morgan fingerprint density at radius 2 is 2.20 bits per heavy atom. The van der Waals surface area contributed by atoms with Crippen molar-refractivity contribution in [2.75, 3.05) is 6.54 Å². The van der Waals surface area contributed by atoms with E-state index in [4.69, 9.17) is 11.6 Å². The molecule has 1 fully saturated rings. The van der Waals surface area contributed by atoms with Crippen molar-refractivity contribution in [3.05, 3.63) is 34.4 Å². The minimum absolute atomic E-state index is 0.195. The van der Waals surface area contributed by atoms with E-state index in [0.29, 0.717) is 30.2 Å². The van der Waals surface area contributed by atoms with Crippen LogP contribution in [0.5, 0.6) is 0 Å². The first-order chi connectivity index (χ1) is 11.9. The average molecular weight is 372 g/mol. The summed E-state index contributed by atoms with van der Waals surface area (Å²) in [4.78, 5) is 12.0. The Labute approximate surface area is 149 Å². The van der Waals surface area contributed by atoms with E-state index in [1.807, 2.05) is 6.92 Å². The molecular formula is C16H20ClF2N5O. The van der Waals surface area contributed by atoms with Gasteiger partial charge in [0, 0.05) is 25.2 Å². The zero-order chi connectivity index (χ0) is 18.0. The number of rotatable bonds is 8. The molecule has 1 amide bonds. The number of nitrogens with one attached hydrogen (secondary N) is 1. The van der Waals surface area contributed by atoms with Gasteiger partial charge >= 0.3 is 0 Å². The van der Waals surface area contributed by atoms with Crippen LogP contribution in [-0.4, -0.2) is 32.0 Å². The molecule has 1 saturated carbocycles. The maximum Gasteiger partial charge on any atom is 0.280 e. The smallest absolute Gasteiger partial charge is 0.280 e. The van der Waals surface area contributed by atoms with Crippen LogP contribution in [0.4, 0.5) is 8.78 Å². The number of nitrogens with zero attached hydrogens (tertiary/aromatic N) is 4. The minimum Gasteiger partial charge on any atom is -0.354 e. The van der Waals surface area contributed by atoms with Gasteiger partial charge in [-0.05, 0) is 32.3 Å². The molecule has 1 N–H and O–H groups in total. The number of carbonyl (C=O) groups excluding carboxylic acids is 1. The fraction of sp³-hybridized carbons (Fsp3) is 0.562. The number of halogens is 3. The lowest BCUT2D eigenvalue weighted by atomic mass is 10.3. The summed E-state index contributed by atoms with van der Waals surface area (Å²) >= 11 is 5.93. The molecule has 0 unspecified atom stereocenters. The van der Waals surface area contributed by atoms with E-state index in [0.717, 1.165) is 23.2 Å². The molecule has 6 nitrogen and oxygen atoms in total. The summed E-state index contributed by atoms with van der Waals surface area (Å²) < 4.78 is 29.0. The summed E-state index contributed by atoms with van der Waals surface area (Å²) in [5.41, 5.74) is 1.23. The molecule has 0 atom stereocenters. The molecule has 0 spiro atoms. The van der Waals surface area contributed by atoms with Crippen molar-refractivity contribution < 1.29 is 13.6 Å². The van der Waals surface area contributed by atoms with Crippen LogP contribution >= 0.6 is 11.6 Å². The van der Waals surface area contributed by atoms with Gasteiger partial charge in [0.05, 0.1) is 16.4 Å². The number of alkyl halides is 2. The van der Waals surface area contributed by atoms with E-state index >= 15 is 0 Å². The first-order valence-electron chi connectivity index (χ1n) is 8.26. The molecule has 25 heavy (non-hydrogen) atoms. The van der Waals surface area contributed by atoms with Gasteiger partial charge < -0.3 is 5.32 Å². The van der Waals surface area contributed by atoms with Crippen molar-refractivity contribution in [1.82, 2.24) is 24.9 Å². The molecule has 2 heterocycles. The second-order valence-electron chi connectivity index (χ2n) is 6.26. The van der Waals surface area contributed by atoms with Gasteiger partial charge in [-0.15, -0.1) is 0 Å². The molecule has 0 bridgehead atoms. The number of hydrogen-bond acceptors (Lipinski definition) is 3. The second-order valence-corrected chi connectivity index (χ2v) is 6.66. The number of hydrogen-bond donors (Lipinski definition) is 1. The molecular weight excluding hydrogens is 352 g/mol. The molecule has 0 radical (unpaired) electrons. The van der Waals surface area contributed by atoms with E-state index in [-0.39, 0.29) is 24.1 Å². The molecule has 0 saturated heterocycles. The third-order valence-corrected chi connectivity index (χ3v) is 4.49. The fourth-order valence-corrected chi connectivity index (χ4v) is 2.75. The largest absolute Gasteiger partial charge is 0.354 e. The Bertz CT molecular complexity index is 734. The van der Waals surface area contributed by atoms with Crippen molar-refractivity contribution in [2.24, 2.45) is 0 Å². The Hall–Kier alpha value is -1.96. The van der Waals surface area contributed by atoms with Crippen LogP contribution < -0.4 is 5.32 Å². The van der Waals surface area contributed by atoms with E-state index < -0.39 is 6.43 Å².